The molecule has 0 saturated carbocycles. The Bertz CT molecular complexity index is 433. The highest BCUT2D eigenvalue weighted by atomic mass is 35.5. The lowest BCUT2D eigenvalue weighted by Crippen LogP contribution is -2.46. The Morgan fingerprint density at radius 2 is 2.11 bits per heavy atom. The molecular formula is C11H13ClN2O3S. The third kappa shape index (κ3) is 3.28. The van der Waals surface area contributed by atoms with Crippen molar-refractivity contribution in [1.29, 1.82) is 0 Å². The van der Waals surface area contributed by atoms with Gasteiger partial charge in [0.2, 0.25) is 0 Å². The zero-order valence-corrected chi connectivity index (χ0v) is 11.3. The van der Waals surface area contributed by atoms with Gasteiger partial charge >= 0.3 is 0 Å². The minimum atomic E-state index is -0.258. The predicted octanol–water partition coefficient (Wildman–Crippen LogP) is 1.20. The molecule has 5 nitrogen and oxygen atoms in total. The normalized spacial score (nSPS) is 16.4. The number of imide groups is 1. The highest BCUT2D eigenvalue weighted by Crippen LogP contribution is 2.14. The molecule has 0 aliphatic carbocycles. The SMILES string of the molecule is O=C1COCC(=O)N1CCCc1nc(CCl)cs1. The van der Waals surface area contributed by atoms with Crippen LogP contribution < -0.4 is 0 Å². The van der Waals surface area contributed by atoms with Gasteiger partial charge in [0, 0.05) is 18.3 Å². The third-order valence-corrected chi connectivity index (χ3v) is 3.79. The van der Waals surface area contributed by atoms with Crippen LogP contribution in [0.25, 0.3) is 0 Å². The number of hydrogen-bond acceptors (Lipinski definition) is 5. The molecule has 0 atom stereocenters. The predicted molar refractivity (Wildman–Crippen MR) is 67.5 cm³/mol. The maximum atomic E-state index is 11.4. The van der Waals surface area contributed by atoms with Crippen LogP contribution in [-0.2, 0) is 26.6 Å². The van der Waals surface area contributed by atoms with E-state index in [1.165, 1.54) is 4.90 Å². The van der Waals surface area contributed by atoms with Crippen LogP contribution in [0.15, 0.2) is 5.38 Å². The van der Waals surface area contributed by atoms with E-state index >= 15 is 0 Å². The molecule has 7 heteroatoms. The number of carbonyl (C=O) groups excluding carboxylic acids is 2. The van der Waals surface area contributed by atoms with Gasteiger partial charge < -0.3 is 4.74 Å². The lowest BCUT2D eigenvalue weighted by Gasteiger charge is -2.24. The second-order valence-corrected chi connectivity index (χ2v) is 5.11. The van der Waals surface area contributed by atoms with Gasteiger partial charge in [-0.2, -0.15) is 0 Å². The number of nitrogens with zero attached hydrogens (tertiary/aromatic N) is 2. The molecule has 1 saturated heterocycles. The number of halogens is 1. The van der Waals surface area contributed by atoms with Crippen molar-refractivity contribution in [2.75, 3.05) is 19.8 Å². The number of aryl methyl sites for hydroxylation is 1. The summed E-state index contributed by atoms with van der Waals surface area (Å²) in [5.41, 5.74) is 0.871. The highest BCUT2D eigenvalue weighted by molar-refractivity contribution is 7.09. The van der Waals surface area contributed by atoms with Gasteiger partial charge in [-0.05, 0) is 6.42 Å². The summed E-state index contributed by atoms with van der Waals surface area (Å²) in [5, 5.41) is 2.91. The second kappa shape index (κ2) is 6.26. The van der Waals surface area contributed by atoms with Crippen LogP contribution in [0.2, 0.25) is 0 Å². The summed E-state index contributed by atoms with van der Waals surface area (Å²) in [4.78, 5) is 28.5. The summed E-state index contributed by atoms with van der Waals surface area (Å²) < 4.78 is 4.84. The van der Waals surface area contributed by atoms with E-state index in [1.54, 1.807) is 11.3 Å². The van der Waals surface area contributed by atoms with Gasteiger partial charge in [0.1, 0.15) is 13.2 Å². The van der Waals surface area contributed by atoms with E-state index in [-0.39, 0.29) is 25.0 Å². The van der Waals surface area contributed by atoms with Crippen LogP contribution in [0, 0.1) is 0 Å². The fourth-order valence-corrected chi connectivity index (χ4v) is 2.75. The van der Waals surface area contributed by atoms with Gasteiger partial charge in [-0.25, -0.2) is 4.98 Å². The van der Waals surface area contributed by atoms with Gasteiger partial charge in [0.05, 0.1) is 16.6 Å². The molecule has 18 heavy (non-hydrogen) atoms. The first kappa shape index (κ1) is 13.5. The molecule has 1 aliphatic rings. The quantitative estimate of drug-likeness (QED) is 0.603. The van der Waals surface area contributed by atoms with E-state index in [9.17, 15) is 9.59 Å². The van der Waals surface area contributed by atoms with E-state index in [0.717, 1.165) is 17.1 Å². The van der Waals surface area contributed by atoms with E-state index in [0.29, 0.717) is 18.8 Å². The first-order valence-corrected chi connectivity index (χ1v) is 7.02. The second-order valence-electron chi connectivity index (χ2n) is 3.90. The monoisotopic (exact) mass is 288 g/mol. The van der Waals surface area contributed by atoms with Crippen LogP contribution in [0.4, 0.5) is 0 Å². The number of carbonyl (C=O) groups is 2. The highest BCUT2D eigenvalue weighted by Gasteiger charge is 2.25. The molecule has 0 bridgehead atoms. The Morgan fingerprint density at radius 3 is 2.72 bits per heavy atom. The van der Waals surface area contributed by atoms with Crippen molar-refractivity contribution in [3.05, 3.63) is 16.1 Å². The van der Waals surface area contributed by atoms with Gasteiger partial charge in [0.15, 0.2) is 0 Å². The molecule has 0 N–H and O–H groups in total. The number of morpholine rings is 1. The smallest absolute Gasteiger partial charge is 0.255 e. The zero-order valence-electron chi connectivity index (χ0n) is 9.73. The van der Waals surface area contributed by atoms with Crippen molar-refractivity contribution in [3.8, 4) is 0 Å². The fourth-order valence-electron chi connectivity index (χ4n) is 1.68. The Hall–Kier alpha value is -0.980. The molecule has 2 heterocycles. The van der Waals surface area contributed by atoms with Crippen molar-refractivity contribution in [2.24, 2.45) is 0 Å². The Morgan fingerprint density at radius 1 is 1.39 bits per heavy atom. The van der Waals surface area contributed by atoms with Gasteiger partial charge in [-0.3, -0.25) is 14.5 Å². The number of alkyl halides is 1. The molecule has 2 rings (SSSR count). The number of thiazole rings is 1. The maximum Gasteiger partial charge on any atom is 0.255 e. The fraction of sp³-hybridized carbons (Fsp3) is 0.545. The number of amides is 2. The molecule has 0 radical (unpaired) electrons. The van der Waals surface area contributed by atoms with E-state index in [2.05, 4.69) is 4.98 Å². The Balaban J connectivity index is 1.80. The van der Waals surface area contributed by atoms with Gasteiger partial charge in [0.25, 0.3) is 11.8 Å². The van der Waals surface area contributed by atoms with E-state index in [4.69, 9.17) is 16.3 Å². The minimum absolute atomic E-state index is 0.000607. The molecule has 1 aromatic heterocycles. The van der Waals surface area contributed by atoms with Crippen molar-refractivity contribution in [1.82, 2.24) is 9.88 Å². The topological polar surface area (TPSA) is 59.5 Å². The van der Waals surface area contributed by atoms with Crippen LogP contribution in [0.1, 0.15) is 17.1 Å². The number of aromatic nitrogens is 1. The van der Waals surface area contributed by atoms with Gasteiger partial charge in [-0.15, -0.1) is 22.9 Å². The van der Waals surface area contributed by atoms with Crippen LogP contribution in [0.3, 0.4) is 0 Å². The Kier molecular flexibility index (Phi) is 4.68. The largest absolute Gasteiger partial charge is 0.362 e. The van der Waals surface area contributed by atoms with E-state index < -0.39 is 0 Å². The molecule has 2 amide bonds. The maximum absolute atomic E-state index is 11.4. The first-order chi connectivity index (χ1) is 8.70. The lowest BCUT2D eigenvalue weighted by atomic mass is 10.2. The molecule has 1 aromatic rings. The molecule has 1 aliphatic heterocycles. The molecule has 0 spiro atoms. The molecule has 0 aromatic carbocycles. The molecule has 98 valence electrons. The summed E-state index contributed by atoms with van der Waals surface area (Å²) in [6, 6.07) is 0. The van der Waals surface area contributed by atoms with Crippen molar-refractivity contribution in [2.45, 2.75) is 18.7 Å². The zero-order chi connectivity index (χ0) is 13.0. The average Bonchev–Trinajstić information content (AvgIpc) is 2.81. The number of rotatable bonds is 5. The Labute approximate surface area is 114 Å². The summed E-state index contributed by atoms with van der Waals surface area (Å²) in [5.74, 6) is -0.101. The summed E-state index contributed by atoms with van der Waals surface area (Å²) >= 11 is 7.22. The van der Waals surface area contributed by atoms with Gasteiger partial charge in [-0.1, -0.05) is 0 Å². The van der Waals surface area contributed by atoms with Crippen LogP contribution in [0.5, 0.6) is 0 Å². The van der Waals surface area contributed by atoms with Crippen LogP contribution in [-0.4, -0.2) is 41.5 Å². The molecule has 1 fully saturated rings. The van der Waals surface area contributed by atoms with Crippen molar-refractivity contribution >= 4 is 34.8 Å². The molecule has 0 unspecified atom stereocenters. The molecular weight excluding hydrogens is 276 g/mol. The van der Waals surface area contributed by atoms with Crippen molar-refractivity contribution < 1.29 is 14.3 Å². The van der Waals surface area contributed by atoms with Crippen LogP contribution >= 0.6 is 22.9 Å². The van der Waals surface area contributed by atoms with E-state index in [1.807, 2.05) is 5.38 Å². The number of ether oxygens (including phenoxy) is 1. The van der Waals surface area contributed by atoms with Crippen molar-refractivity contribution in [3.63, 3.8) is 0 Å². The standard InChI is InChI=1S/C11H13ClN2O3S/c12-4-8-7-18-9(13-8)2-1-3-14-10(15)5-17-6-11(14)16/h7H,1-6H2. The minimum Gasteiger partial charge on any atom is -0.362 e. The first-order valence-electron chi connectivity index (χ1n) is 5.61. The lowest BCUT2D eigenvalue weighted by molar-refractivity contribution is -0.158. The summed E-state index contributed by atoms with van der Waals surface area (Å²) in [6.07, 6.45) is 1.46. The average molecular weight is 289 g/mol. The number of hydrogen-bond donors (Lipinski definition) is 0. The summed E-state index contributed by atoms with van der Waals surface area (Å²) in [7, 11) is 0. The third-order valence-electron chi connectivity index (χ3n) is 2.56. The summed E-state index contributed by atoms with van der Waals surface area (Å²) in [6.45, 7) is 0.426.